The van der Waals surface area contributed by atoms with Crippen LogP contribution >= 0.6 is 0 Å². The summed E-state index contributed by atoms with van der Waals surface area (Å²) in [5.41, 5.74) is 9.85. The average Bonchev–Trinajstić information content (AvgIpc) is 3.16. The molecule has 2 amide bonds. The van der Waals surface area contributed by atoms with Crippen molar-refractivity contribution in [3.8, 4) is 11.5 Å². The minimum absolute atomic E-state index is 0.122. The Labute approximate surface area is 190 Å². The maximum Gasteiger partial charge on any atom is 0.315 e. The summed E-state index contributed by atoms with van der Waals surface area (Å²) in [4.78, 5) is 26.3. The highest BCUT2D eigenvalue weighted by molar-refractivity contribution is 5.99. The second-order valence-corrected chi connectivity index (χ2v) is 8.35. The van der Waals surface area contributed by atoms with Crippen LogP contribution in [0.4, 0.5) is 4.79 Å². The van der Waals surface area contributed by atoms with Crippen molar-refractivity contribution in [3.63, 3.8) is 0 Å². The van der Waals surface area contributed by atoms with E-state index in [9.17, 15) is 9.59 Å². The summed E-state index contributed by atoms with van der Waals surface area (Å²) in [5.74, 6) is 1.33. The summed E-state index contributed by atoms with van der Waals surface area (Å²) >= 11 is 0. The van der Waals surface area contributed by atoms with Gasteiger partial charge in [-0.1, -0.05) is 24.3 Å². The zero-order chi connectivity index (χ0) is 23.3. The van der Waals surface area contributed by atoms with Gasteiger partial charge in [-0.3, -0.25) is 4.79 Å². The van der Waals surface area contributed by atoms with Crippen molar-refractivity contribution in [3.05, 3.63) is 58.7 Å². The Morgan fingerprint density at radius 1 is 1.06 bits per heavy atom. The van der Waals surface area contributed by atoms with E-state index in [0.717, 1.165) is 24.8 Å². The number of ketones is 1. The van der Waals surface area contributed by atoms with Gasteiger partial charge < -0.3 is 20.1 Å². The van der Waals surface area contributed by atoms with Gasteiger partial charge in [0, 0.05) is 6.54 Å². The molecule has 0 heterocycles. The lowest BCUT2D eigenvalue weighted by molar-refractivity contribution is 0.101. The summed E-state index contributed by atoms with van der Waals surface area (Å²) in [6, 6.07) is 11.4. The van der Waals surface area contributed by atoms with Gasteiger partial charge in [-0.2, -0.15) is 0 Å². The molecule has 0 aromatic heterocycles. The van der Waals surface area contributed by atoms with Crippen LogP contribution in [0, 0.1) is 5.92 Å². The van der Waals surface area contributed by atoms with Gasteiger partial charge in [0.2, 0.25) is 0 Å². The van der Waals surface area contributed by atoms with Gasteiger partial charge in [0.1, 0.15) is 17.1 Å². The smallest absolute Gasteiger partial charge is 0.315 e. The number of Topliss-reactive ketones (excluding diaryl/α,β-unsaturated/α-hetero) is 1. The van der Waals surface area contributed by atoms with Gasteiger partial charge in [0.05, 0.1) is 19.3 Å². The monoisotopic (exact) mass is 438 g/mol. The zero-order valence-corrected chi connectivity index (χ0v) is 19.5. The van der Waals surface area contributed by atoms with Crippen LogP contribution in [0.15, 0.2) is 36.4 Å². The van der Waals surface area contributed by atoms with Crippen molar-refractivity contribution in [1.29, 1.82) is 0 Å². The van der Waals surface area contributed by atoms with Crippen LogP contribution in [0.5, 0.6) is 11.5 Å². The van der Waals surface area contributed by atoms with E-state index in [2.05, 4.69) is 24.3 Å². The first-order valence-electron chi connectivity index (χ1n) is 11.4. The van der Waals surface area contributed by atoms with E-state index in [1.54, 1.807) is 4.90 Å². The fourth-order valence-corrected chi connectivity index (χ4v) is 4.59. The van der Waals surface area contributed by atoms with Crippen LogP contribution in [0.2, 0.25) is 0 Å². The quantitative estimate of drug-likeness (QED) is 0.533. The number of ether oxygens (including phenoxy) is 2. The number of urea groups is 1. The molecule has 6 heteroatoms. The third kappa shape index (κ3) is 5.23. The number of carbonyl (C=O) groups excluding carboxylic acids is 2. The number of amides is 2. The second kappa shape index (κ2) is 10.5. The van der Waals surface area contributed by atoms with Crippen molar-refractivity contribution in [2.24, 2.45) is 11.7 Å². The topological polar surface area (TPSA) is 81.9 Å². The molecule has 0 aliphatic heterocycles. The molecule has 2 aromatic rings. The molecule has 0 saturated carbocycles. The van der Waals surface area contributed by atoms with E-state index in [1.807, 2.05) is 32.9 Å². The summed E-state index contributed by atoms with van der Waals surface area (Å²) in [5, 5.41) is 0. The van der Waals surface area contributed by atoms with Gasteiger partial charge in [-0.05, 0) is 81.7 Å². The fourth-order valence-electron chi connectivity index (χ4n) is 4.59. The molecular weight excluding hydrogens is 404 g/mol. The third-order valence-electron chi connectivity index (χ3n) is 6.19. The number of rotatable bonds is 10. The normalized spacial score (nSPS) is 14.0. The minimum Gasteiger partial charge on any atom is -0.493 e. The highest BCUT2D eigenvalue weighted by atomic mass is 16.5. The Balaban J connectivity index is 1.81. The molecule has 0 radical (unpaired) electrons. The van der Waals surface area contributed by atoms with Gasteiger partial charge in [0.25, 0.3) is 0 Å². The number of fused-ring (bicyclic) bond motifs is 1. The van der Waals surface area contributed by atoms with Crippen molar-refractivity contribution >= 4 is 11.8 Å². The lowest BCUT2D eigenvalue weighted by Crippen LogP contribution is -2.39. The SMILES string of the molecule is CCOc1cc([C@@H](C)N(CCC2Cc3ccccc3C2)C(N)=O)cc(OCC)c1C(C)=O. The van der Waals surface area contributed by atoms with Crippen molar-refractivity contribution < 1.29 is 19.1 Å². The molecule has 0 bridgehead atoms. The molecule has 0 fully saturated rings. The molecule has 172 valence electrons. The number of nitrogens with zero attached hydrogens (tertiary/aromatic N) is 1. The van der Waals surface area contributed by atoms with Crippen LogP contribution in [-0.4, -0.2) is 36.5 Å². The molecule has 0 spiro atoms. The Kier molecular flexibility index (Phi) is 7.78. The molecule has 6 nitrogen and oxygen atoms in total. The number of hydrogen-bond donors (Lipinski definition) is 1. The third-order valence-corrected chi connectivity index (χ3v) is 6.19. The number of primary amides is 1. The summed E-state index contributed by atoms with van der Waals surface area (Å²) in [6.45, 7) is 8.60. The molecule has 2 N–H and O–H groups in total. The molecule has 1 atom stereocenters. The van der Waals surface area contributed by atoms with Gasteiger partial charge in [0.15, 0.2) is 5.78 Å². The maximum absolute atomic E-state index is 12.4. The molecule has 1 aliphatic carbocycles. The van der Waals surface area contributed by atoms with Gasteiger partial charge in [-0.25, -0.2) is 4.79 Å². The first kappa shape index (κ1) is 23.6. The summed E-state index contributed by atoms with van der Waals surface area (Å²) in [6.07, 6.45) is 2.95. The largest absolute Gasteiger partial charge is 0.493 e. The average molecular weight is 439 g/mol. The number of carbonyl (C=O) groups is 2. The van der Waals surface area contributed by atoms with Crippen LogP contribution in [0.1, 0.15) is 67.2 Å². The first-order valence-corrected chi connectivity index (χ1v) is 11.4. The van der Waals surface area contributed by atoms with Gasteiger partial charge >= 0.3 is 6.03 Å². The first-order chi connectivity index (χ1) is 15.3. The lowest BCUT2D eigenvalue weighted by Gasteiger charge is -2.30. The Morgan fingerprint density at radius 2 is 1.59 bits per heavy atom. The highest BCUT2D eigenvalue weighted by Gasteiger charge is 2.27. The molecule has 0 saturated heterocycles. The maximum atomic E-state index is 12.4. The predicted molar refractivity (Wildman–Crippen MR) is 125 cm³/mol. The Bertz CT molecular complexity index is 920. The van der Waals surface area contributed by atoms with Crippen molar-refractivity contribution in [1.82, 2.24) is 4.90 Å². The van der Waals surface area contributed by atoms with Gasteiger partial charge in [-0.15, -0.1) is 0 Å². The van der Waals surface area contributed by atoms with E-state index < -0.39 is 6.03 Å². The zero-order valence-electron chi connectivity index (χ0n) is 19.5. The lowest BCUT2D eigenvalue weighted by atomic mass is 9.98. The van der Waals surface area contributed by atoms with Crippen LogP contribution in [0.3, 0.4) is 0 Å². The van der Waals surface area contributed by atoms with E-state index >= 15 is 0 Å². The Hall–Kier alpha value is -3.02. The molecular formula is C26H34N2O4. The number of nitrogens with two attached hydrogens (primary N) is 1. The summed E-state index contributed by atoms with van der Waals surface area (Å²) < 4.78 is 11.5. The summed E-state index contributed by atoms with van der Waals surface area (Å²) in [7, 11) is 0. The fraction of sp³-hybridized carbons (Fsp3) is 0.462. The van der Waals surface area contributed by atoms with Crippen molar-refractivity contribution in [2.45, 2.75) is 53.0 Å². The van der Waals surface area contributed by atoms with E-state index in [-0.39, 0.29) is 11.8 Å². The van der Waals surface area contributed by atoms with E-state index in [0.29, 0.717) is 42.7 Å². The van der Waals surface area contributed by atoms with E-state index in [4.69, 9.17) is 15.2 Å². The number of hydrogen-bond acceptors (Lipinski definition) is 4. The molecule has 2 aromatic carbocycles. The van der Waals surface area contributed by atoms with Crippen LogP contribution in [0.25, 0.3) is 0 Å². The predicted octanol–water partition coefficient (Wildman–Crippen LogP) is 4.93. The highest BCUT2D eigenvalue weighted by Crippen LogP contribution is 2.36. The Morgan fingerprint density at radius 3 is 2.03 bits per heavy atom. The standard InChI is InChI=1S/C26H34N2O4/c1-5-31-23-15-22(16-24(32-6-2)25(23)18(4)29)17(3)28(26(27)30)12-11-19-13-20-9-7-8-10-21(20)14-19/h7-10,15-17,19H,5-6,11-14H2,1-4H3,(H2,27,30)/t17-/m1/s1. The molecule has 32 heavy (non-hydrogen) atoms. The number of benzene rings is 2. The van der Waals surface area contributed by atoms with Crippen LogP contribution < -0.4 is 15.2 Å². The minimum atomic E-state index is -0.459. The molecule has 1 aliphatic rings. The second-order valence-electron chi connectivity index (χ2n) is 8.35. The molecule has 0 unspecified atom stereocenters. The van der Waals surface area contributed by atoms with E-state index in [1.165, 1.54) is 18.1 Å². The van der Waals surface area contributed by atoms with Crippen LogP contribution in [-0.2, 0) is 12.8 Å². The van der Waals surface area contributed by atoms with Crippen molar-refractivity contribution in [2.75, 3.05) is 19.8 Å². The molecule has 3 rings (SSSR count).